The molecule has 1 spiro atoms. The van der Waals surface area contributed by atoms with Gasteiger partial charge in [-0.15, -0.1) is 0 Å². The minimum atomic E-state index is -2.17. The van der Waals surface area contributed by atoms with Gasteiger partial charge in [-0.1, -0.05) is 98.5 Å². The largest absolute Gasteiger partial charge is 0.491 e. The van der Waals surface area contributed by atoms with Crippen molar-refractivity contribution < 1.29 is 48.1 Å². The number of carbonyl (C=O) groups is 6. The van der Waals surface area contributed by atoms with Crippen molar-refractivity contribution in [2.75, 3.05) is 31.8 Å². The summed E-state index contributed by atoms with van der Waals surface area (Å²) in [5.74, 6) is 0.376. The van der Waals surface area contributed by atoms with E-state index in [2.05, 4.69) is 22.5 Å². The third kappa shape index (κ3) is 7.56. The van der Waals surface area contributed by atoms with E-state index in [-0.39, 0.29) is 31.0 Å². The maximum absolute atomic E-state index is 16.1. The number of urea groups is 2. The van der Waals surface area contributed by atoms with Crippen molar-refractivity contribution in [1.29, 1.82) is 0 Å². The van der Waals surface area contributed by atoms with Crippen molar-refractivity contribution in [3.8, 4) is 17.6 Å². The number of hydrogen-bond acceptors (Lipinski definition) is 11. The molecule has 0 saturated carbocycles. The molecule has 3 aliphatic heterocycles. The van der Waals surface area contributed by atoms with Gasteiger partial charge in [-0.2, -0.15) is 0 Å². The number of nitrogens with two attached hydrogens (primary N) is 2. The average Bonchev–Trinajstić information content (AvgIpc) is 3.73. The highest BCUT2D eigenvalue weighted by molar-refractivity contribution is 6.25. The van der Waals surface area contributed by atoms with Gasteiger partial charge in [-0.25, -0.2) is 19.3 Å². The number of anilines is 1. The third-order valence-electron chi connectivity index (χ3n) is 11.5. The van der Waals surface area contributed by atoms with Crippen molar-refractivity contribution in [1.82, 2.24) is 15.5 Å². The number of nitrogens with one attached hydrogen (secondary N) is 2. The molecule has 0 radical (unpaired) electrons. The molecule has 320 valence electrons. The Morgan fingerprint density at radius 2 is 1.56 bits per heavy atom. The number of ether oxygens (including phenoxy) is 3. The molecule has 16 nitrogen and oxygen atoms in total. The number of amides is 6. The molecule has 3 aliphatic rings. The first-order chi connectivity index (χ1) is 29.8. The van der Waals surface area contributed by atoms with E-state index >= 15 is 4.79 Å². The van der Waals surface area contributed by atoms with Crippen LogP contribution in [0.3, 0.4) is 0 Å². The smallest absolute Gasteiger partial charge is 0.329 e. The van der Waals surface area contributed by atoms with E-state index in [4.69, 9.17) is 25.7 Å². The van der Waals surface area contributed by atoms with Gasteiger partial charge in [0.15, 0.2) is 0 Å². The summed E-state index contributed by atoms with van der Waals surface area (Å²) in [6.45, 7) is 2.90. The third-order valence-corrected chi connectivity index (χ3v) is 11.5. The fourth-order valence-electron chi connectivity index (χ4n) is 9.05. The van der Waals surface area contributed by atoms with Crippen LogP contribution in [0, 0.1) is 23.7 Å². The molecule has 7 unspecified atom stereocenters. The summed E-state index contributed by atoms with van der Waals surface area (Å²) < 4.78 is 17.2. The molecule has 6 amide bonds. The summed E-state index contributed by atoms with van der Waals surface area (Å²) in [5, 5.41) is 14.7. The quantitative estimate of drug-likeness (QED) is 0.109. The van der Waals surface area contributed by atoms with Crippen LogP contribution >= 0.6 is 0 Å². The van der Waals surface area contributed by atoms with Gasteiger partial charge in [0.25, 0.3) is 0 Å². The van der Waals surface area contributed by atoms with Crippen LogP contribution in [-0.2, 0) is 34.1 Å². The Morgan fingerprint density at radius 3 is 2.19 bits per heavy atom. The number of morpholine rings is 1. The number of aliphatic hydroxyl groups is 1. The van der Waals surface area contributed by atoms with E-state index in [1.165, 1.54) is 13.2 Å². The number of nitrogens with zero attached hydrogens (tertiary/aromatic N) is 2. The Balaban J connectivity index is 1.55. The first-order valence-electron chi connectivity index (χ1n) is 19.9. The predicted molar refractivity (Wildman–Crippen MR) is 224 cm³/mol. The van der Waals surface area contributed by atoms with Gasteiger partial charge in [0.1, 0.15) is 36.0 Å². The molecule has 7 atom stereocenters. The summed E-state index contributed by atoms with van der Waals surface area (Å²) in [6.07, 6.45) is -0.973. The number of rotatable bonds is 11. The SMILES string of the molecule is COC(=O)C(NC(=O)N1C(=O)C2(c3cc(C#CCNC(N)=O)ccc31)C(C(N)=O)C1C(=O)OC(c3ccccc3)C(c3ccccc3)N1C2c1cccc(OCCO)c1)C(C)C. The van der Waals surface area contributed by atoms with Gasteiger partial charge in [0.05, 0.1) is 44.0 Å². The lowest BCUT2D eigenvalue weighted by atomic mass is 9.65. The van der Waals surface area contributed by atoms with E-state index in [9.17, 15) is 29.1 Å². The summed E-state index contributed by atoms with van der Waals surface area (Å²) in [4.78, 5) is 87.1. The van der Waals surface area contributed by atoms with Crippen molar-refractivity contribution in [2.24, 2.45) is 23.3 Å². The Hall–Kier alpha value is -7.22. The number of primary amides is 2. The molecule has 4 aromatic rings. The molecule has 16 heteroatoms. The number of imide groups is 1. The van der Waals surface area contributed by atoms with Gasteiger partial charge in [-0.3, -0.25) is 19.3 Å². The molecule has 0 bridgehead atoms. The standard InChI is InChI=1S/C46H46N6O10/c1-26(2)35(41(55)60-3)50-45(59)51-33-20-19-27(12-11-21-49-44(48)58)24-32(33)46(43(51)57)34(40(47)54)37-42(56)62-38(29-15-8-5-9-16-29)36(28-13-6-4-7-14-28)52(37)39(46)30-17-10-18-31(25-30)61-23-22-53/h4-10,13-20,24-26,34-39,53H,21-23H2,1-3H3,(H2,47,54)(H,50,59)(H3,48,49,58). The van der Waals surface area contributed by atoms with Gasteiger partial charge in [0, 0.05) is 5.56 Å². The topological polar surface area (TPSA) is 233 Å². The zero-order valence-corrected chi connectivity index (χ0v) is 34.1. The summed E-state index contributed by atoms with van der Waals surface area (Å²) in [5.41, 5.74) is 11.7. The van der Waals surface area contributed by atoms with Gasteiger partial charge >= 0.3 is 24.0 Å². The molecular formula is C46H46N6O10. The van der Waals surface area contributed by atoms with Crippen LogP contribution in [0.5, 0.6) is 5.75 Å². The molecular weight excluding hydrogens is 797 g/mol. The molecule has 0 aromatic heterocycles. The second kappa shape index (κ2) is 17.8. The van der Waals surface area contributed by atoms with Crippen LogP contribution in [0.25, 0.3) is 0 Å². The van der Waals surface area contributed by atoms with Gasteiger partial charge in [-0.05, 0) is 58.5 Å². The van der Waals surface area contributed by atoms with E-state index in [0.717, 1.165) is 4.90 Å². The minimum absolute atomic E-state index is 0.0358. The number of cyclic esters (lactones) is 1. The van der Waals surface area contributed by atoms with E-state index in [1.54, 1.807) is 55.1 Å². The summed E-state index contributed by atoms with van der Waals surface area (Å²) in [6, 6.07) is 23.0. The van der Waals surface area contributed by atoms with Crippen LogP contribution in [0.1, 0.15) is 59.9 Å². The Morgan fingerprint density at radius 1 is 0.887 bits per heavy atom. The molecule has 62 heavy (non-hydrogen) atoms. The van der Waals surface area contributed by atoms with Crippen molar-refractivity contribution in [3.63, 3.8) is 0 Å². The number of fused-ring (bicyclic) bond motifs is 3. The molecule has 2 fully saturated rings. The highest BCUT2D eigenvalue weighted by Gasteiger charge is 2.75. The number of esters is 2. The lowest BCUT2D eigenvalue weighted by molar-refractivity contribution is -0.178. The lowest BCUT2D eigenvalue weighted by Crippen LogP contribution is -2.57. The zero-order valence-electron chi connectivity index (χ0n) is 34.1. The Labute approximate surface area is 357 Å². The molecule has 0 aliphatic carbocycles. The van der Waals surface area contributed by atoms with E-state index in [1.807, 2.05) is 60.7 Å². The highest BCUT2D eigenvalue weighted by Crippen LogP contribution is 2.65. The maximum atomic E-state index is 16.1. The maximum Gasteiger partial charge on any atom is 0.329 e. The molecule has 7 N–H and O–H groups in total. The first-order valence-corrected chi connectivity index (χ1v) is 19.9. The summed E-state index contributed by atoms with van der Waals surface area (Å²) >= 11 is 0. The van der Waals surface area contributed by atoms with Gasteiger partial charge in [0.2, 0.25) is 11.8 Å². The summed E-state index contributed by atoms with van der Waals surface area (Å²) in [7, 11) is 1.18. The van der Waals surface area contributed by atoms with E-state index in [0.29, 0.717) is 28.0 Å². The number of hydrogen-bond donors (Lipinski definition) is 5. The second-order valence-corrected chi connectivity index (χ2v) is 15.4. The normalized spacial score (nSPS) is 23.0. The predicted octanol–water partition coefficient (Wildman–Crippen LogP) is 3.14. The highest BCUT2D eigenvalue weighted by atomic mass is 16.6. The number of benzene rings is 4. The van der Waals surface area contributed by atoms with Crippen LogP contribution < -0.4 is 31.7 Å². The second-order valence-electron chi connectivity index (χ2n) is 15.4. The van der Waals surface area contributed by atoms with Gasteiger partial charge < -0.3 is 41.4 Å². The minimum Gasteiger partial charge on any atom is -0.491 e. The van der Waals surface area contributed by atoms with Crippen LogP contribution in [-0.4, -0.2) is 84.8 Å². The lowest BCUT2D eigenvalue weighted by Gasteiger charge is -2.46. The van der Waals surface area contributed by atoms with E-state index < -0.39 is 83.3 Å². The van der Waals surface area contributed by atoms with Crippen LogP contribution in [0.4, 0.5) is 15.3 Å². The van der Waals surface area contributed by atoms with Crippen molar-refractivity contribution in [2.45, 2.75) is 49.5 Å². The average molecular weight is 843 g/mol. The monoisotopic (exact) mass is 842 g/mol. The van der Waals surface area contributed by atoms with Crippen molar-refractivity contribution in [3.05, 3.63) is 131 Å². The Bertz CT molecular complexity index is 2450. The van der Waals surface area contributed by atoms with Crippen LogP contribution in [0.2, 0.25) is 0 Å². The number of carbonyl (C=O) groups excluding carboxylic acids is 6. The molecule has 3 heterocycles. The van der Waals surface area contributed by atoms with Crippen LogP contribution in [0.15, 0.2) is 103 Å². The zero-order chi connectivity index (χ0) is 44.3. The number of methoxy groups -OCH3 is 1. The van der Waals surface area contributed by atoms with Crippen molar-refractivity contribution >= 4 is 41.5 Å². The fraction of sp³-hybridized carbons (Fsp3) is 0.304. The first kappa shape index (κ1) is 42.9. The molecule has 7 rings (SSSR count). The molecule has 2 saturated heterocycles. The Kier molecular flexibility index (Phi) is 12.3. The molecule has 4 aromatic carbocycles. The number of aliphatic hydroxyl groups excluding tert-OH is 1. The fourth-order valence-corrected chi connectivity index (χ4v) is 9.05.